The van der Waals surface area contributed by atoms with Gasteiger partial charge in [-0.1, -0.05) is 53.9 Å². The van der Waals surface area contributed by atoms with Gasteiger partial charge in [-0.15, -0.1) is 0 Å². The zero-order chi connectivity index (χ0) is 22.9. The molecule has 0 radical (unpaired) electrons. The standard InChI is InChI=1S/C29H47N3/c1-6-8-9-23-10-11-24-26-13-12-25(21(3)19-32-20-22(17-30)18-31-32)29(26,5)16-14-27(24)28(23,4)15-7-2/h18,20-21,23-27H,6-16,19H2,1-5H3. The largest absolute Gasteiger partial charge is 0.271 e. The molecule has 0 spiro atoms. The van der Waals surface area contributed by atoms with Crippen molar-refractivity contribution in [1.29, 1.82) is 5.26 Å². The normalized spacial score (nSPS) is 39.8. The minimum absolute atomic E-state index is 0.495. The van der Waals surface area contributed by atoms with E-state index >= 15 is 0 Å². The minimum atomic E-state index is 0.495. The lowest BCUT2D eigenvalue weighted by molar-refractivity contribution is -0.106. The first-order valence-corrected chi connectivity index (χ1v) is 13.8. The molecule has 3 saturated carbocycles. The Balaban J connectivity index is 1.50. The highest BCUT2D eigenvalue weighted by molar-refractivity contribution is 5.21. The van der Waals surface area contributed by atoms with E-state index < -0.39 is 0 Å². The van der Waals surface area contributed by atoms with Crippen molar-refractivity contribution in [3.05, 3.63) is 18.0 Å². The average molecular weight is 438 g/mol. The van der Waals surface area contributed by atoms with Crippen LogP contribution in [0, 0.1) is 57.7 Å². The summed E-state index contributed by atoms with van der Waals surface area (Å²) < 4.78 is 2.02. The fourth-order valence-electron chi connectivity index (χ4n) is 9.31. The summed E-state index contributed by atoms with van der Waals surface area (Å²) in [6.45, 7) is 13.5. The van der Waals surface area contributed by atoms with E-state index in [0.29, 0.717) is 22.3 Å². The Labute approximate surface area is 197 Å². The van der Waals surface area contributed by atoms with Crippen LogP contribution in [-0.2, 0) is 6.54 Å². The minimum Gasteiger partial charge on any atom is -0.271 e. The van der Waals surface area contributed by atoms with Gasteiger partial charge in [0.05, 0.1) is 11.8 Å². The molecule has 1 aromatic rings. The monoisotopic (exact) mass is 437 g/mol. The highest BCUT2D eigenvalue weighted by atomic mass is 15.3. The Kier molecular flexibility index (Phi) is 7.09. The Hall–Kier alpha value is -1.30. The first kappa shape index (κ1) is 23.8. The predicted molar refractivity (Wildman–Crippen MR) is 132 cm³/mol. The smallest absolute Gasteiger partial charge is 0.102 e. The lowest BCUT2D eigenvalue weighted by Crippen LogP contribution is -2.52. The summed E-state index contributed by atoms with van der Waals surface area (Å²) >= 11 is 0. The van der Waals surface area contributed by atoms with E-state index in [0.717, 1.165) is 36.1 Å². The molecule has 1 heterocycles. The summed E-state index contributed by atoms with van der Waals surface area (Å²) in [5.74, 6) is 5.20. The zero-order valence-corrected chi connectivity index (χ0v) is 21.4. The summed E-state index contributed by atoms with van der Waals surface area (Å²) in [4.78, 5) is 0. The lowest BCUT2D eigenvalue weighted by Gasteiger charge is -2.60. The van der Waals surface area contributed by atoms with E-state index in [2.05, 4.69) is 45.8 Å². The molecular weight excluding hydrogens is 390 g/mol. The van der Waals surface area contributed by atoms with Gasteiger partial charge in [-0.05, 0) is 97.7 Å². The van der Waals surface area contributed by atoms with Crippen molar-refractivity contribution in [2.24, 2.45) is 46.3 Å². The molecule has 0 N–H and O–H groups in total. The van der Waals surface area contributed by atoms with E-state index in [9.17, 15) is 0 Å². The van der Waals surface area contributed by atoms with Gasteiger partial charge in [-0.25, -0.2) is 0 Å². The van der Waals surface area contributed by atoms with Crippen LogP contribution in [0.3, 0.4) is 0 Å². The molecule has 0 saturated heterocycles. The van der Waals surface area contributed by atoms with Gasteiger partial charge >= 0.3 is 0 Å². The van der Waals surface area contributed by atoms with Crippen LogP contribution in [-0.4, -0.2) is 9.78 Å². The van der Waals surface area contributed by atoms with Gasteiger partial charge in [0.15, 0.2) is 0 Å². The molecule has 4 rings (SSSR count). The Morgan fingerprint density at radius 3 is 2.62 bits per heavy atom. The first-order chi connectivity index (χ1) is 15.4. The van der Waals surface area contributed by atoms with Crippen LogP contribution >= 0.6 is 0 Å². The second kappa shape index (κ2) is 9.52. The highest BCUT2D eigenvalue weighted by Crippen LogP contribution is 2.67. The molecule has 8 atom stereocenters. The third-order valence-electron chi connectivity index (χ3n) is 10.8. The Morgan fingerprint density at radius 2 is 1.94 bits per heavy atom. The van der Waals surface area contributed by atoms with Crippen molar-refractivity contribution in [1.82, 2.24) is 9.78 Å². The average Bonchev–Trinajstić information content (AvgIpc) is 3.37. The highest BCUT2D eigenvalue weighted by Gasteiger charge is 2.59. The number of hydrogen-bond acceptors (Lipinski definition) is 2. The van der Waals surface area contributed by atoms with Crippen molar-refractivity contribution < 1.29 is 0 Å². The molecule has 3 aliphatic carbocycles. The molecule has 0 bridgehead atoms. The van der Waals surface area contributed by atoms with Gasteiger partial charge in [0.25, 0.3) is 0 Å². The molecule has 3 nitrogen and oxygen atoms in total. The van der Waals surface area contributed by atoms with E-state index in [1.807, 2.05) is 10.9 Å². The number of hydrogen-bond donors (Lipinski definition) is 0. The fourth-order valence-corrected chi connectivity index (χ4v) is 9.31. The van der Waals surface area contributed by atoms with Gasteiger partial charge in [0, 0.05) is 12.7 Å². The van der Waals surface area contributed by atoms with E-state index in [4.69, 9.17) is 5.26 Å². The van der Waals surface area contributed by atoms with E-state index in [1.165, 1.54) is 70.6 Å². The molecule has 32 heavy (non-hydrogen) atoms. The Morgan fingerprint density at radius 1 is 1.12 bits per heavy atom. The molecule has 3 fully saturated rings. The first-order valence-electron chi connectivity index (χ1n) is 13.8. The van der Waals surface area contributed by atoms with Crippen LogP contribution in [0.15, 0.2) is 12.4 Å². The third kappa shape index (κ3) is 4.05. The van der Waals surface area contributed by atoms with Gasteiger partial charge in [0.1, 0.15) is 6.07 Å². The van der Waals surface area contributed by atoms with Crippen molar-refractivity contribution in [2.45, 2.75) is 112 Å². The summed E-state index contributed by atoms with van der Waals surface area (Å²) in [5.41, 5.74) is 1.75. The van der Waals surface area contributed by atoms with Crippen molar-refractivity contribution in [3.63, 3.8) is 0 Å². The van der Waals surface area contributed by atoms with Crippen molar-refractivity contribution >= 4 is 0 Å². The van der Waals surface area contributed by atoms with Crippen LogP contribution in [0.25, 0.3) is 0 Å². The lowest BCUT2D eigenvalue weighted by atomic mass is 9.45. The molecule has 3 aliphatic rings. The van der Waals surface area contributed by atoms with E-state index in [1.54, 1.807) is 6.20 Å². The maximum absolute atomic E-state index is 9.15. The maximum Gasteiger partial charge on any atom is 0.102 e. The van der Waals surface area contributed by atoms with Crippen LogP contribution in [0.4, 0.5) is 0 Å². The fraction of sp³-hybridized carbons (Fsp3) is 0.862. The summed E-state index contributed by atoms with van der Waals surface area (Å²) in [5, 5.41) is 13.6. The van der Waals surface area contributed by atoms with Crippen LogP contribution < -0.4 is 0 Å². The summed E-state index contributed by atoms with van der Waals surface area (Å²) in [6, 6.07) is 2.22. The number of aromatic nitrogens is 2. The predicted octanol–water partition coefficient (Wildman–Crippen LogP) is 7.86. The molecular formula is C29H47N3. The van der Waals surface area contributed by atoms with E-state index in [-0.39, 0.29) is 0 Å². The summed E-state index contributed by atoms with van der Waals surface area (Å²) in [7, 11) is 0. The molecule has 3 heteroatoms. The number of unbranched alkanes of at least 4 members (excludes halogenated alkanes) is 1. The number of rotatable bonds is 8. The number of nitriles is 1. The molecule has 178 valence electrons. The summed E-state index contributed by atoms with van der Waals surface area (Å²) in [6.07, 6.45) is 19.3. The molecule has 0 aromatic carbocycles. The van der Waals surface area contributed by atoms with Gasteiger partial charge < -0.3 is 0 Å². The molecule has 1 aromatic heterocycles. The quantitative estimate of drug-likeness (QED) is 0.415. The topological polar surface area (TPSA) is 41.6 Å². The number of nitrogens with zero attached hydrogens (tertiary/aromatic N) is 3. The van der Waals surface area contributed by atoms with Crippen molar-refractivity contribution in [3.8, 4) is 6.07 Å². The number of fused-ring (bicyclic) bond motifs is 3. The second-order valence-electron chi connectivity index (χ2n) is 12.3. The van der Waals surface area contributed by atoms with Crippen molar-refractivity contribution in [2.75, 3.05) is 0 Å². The molecule has 8 unspecified atom stereocenters. The Bertz CT molecular complexity index is 806. The third-order valence-corrected chi connectivity index (χ3v) is 10.8. The van der Waals surface area contributed by atoms with Crippen LogP contribution in [0.2, 0.25) is 0 Å². The van der Waals surface area contributed by atoms with Crippen LogP contribution in [0.5, 0.6) is 0 Å². The van der Waals surface area contributed by atoms with Crippen LogP contribution in [0.1, 0.15) is 111 Å². The van der Waals surface area contributed by atoms with Gasteiger partial charge in [-0.2, -0.15) is 10.4 Å². The second-order valence-corrected chi connectivity index (χ2v) is 12.3. The van der Waals surface area contributed by atoms with Gasteiger partial charge in [-0.3, -0.25) is 4.68 Å². The zero-order valence-electron chi connectivity index (χ0n) is 21.4. The van der Waals surface area contributed by atoms with Gasteiger partial charge in [0.2, 0.25) is 0 Å². The SMILES string of the molecule is CCCCC1CCC2C(CCC3(C)C(C(C)Cn4cc(C#N)cn4)CCC23)C1(C)CCC. The molecule has 0 amide bonds. The molecule has 0 aliphatic heterocycles. The maximum atomic E-state index is 9.15.